The van der Waals surface area contributed by atoms with Crippen LogP contribution in [-0.4, -0.2) is 28.5 Å². The minimum absolute atomic E-state index is 0.0308. The van der Waals surface area contributed by atoms with Crippen LogP contribution in [0.25, 0.3) is 0 Å². The van der Waals surface area contributed by atoms with E-state index in [1.54, 1.807) is 0 Å². The maximum atomic E-state index is 12.2. The van der Waals surface area contributed by atoms with Crippen LogP contribution < -0.4 is 11.1 Å². The molecule has 0 saturated carbocycles. The predicted octanol–water partition coefficient (Wildman–Crippen LogP) is 3.17. The first-order valence-electron chi connectivity index (χ1n) is 8.30. The van der Waals surface area contributed by atoms with Crippen LogP contribution in [0.5, 0.6) is 11.5 Å². The Labute approximate surface area is 160 Å². The second-order valence-corrected chi connectivity index (χ2v) is 6.76. The van der Waals surface area contributed by atoms with Crippen molar-refractivity contribution in [2.75, 3.05) is 6.54 Å². The summed E-state index contributed by atoms with van der Waals surface area (Å²) >= 11 is 1.52. The van der Waals surface area contributed by atoms with E-state index in [2.05, 4.69) is 10.3 Å². The van der Waals surface area contributed by atoms with Crippen molar-refractivity contribution in [1.82, 2.24) is 5.32 Å². The number of hydrogen-bond acceptors (Lipinski definition) is 5. The zero-order valence-corrected chi connectivity index (χ0v) is 15.2. The molecule has 1 amide bonds. The molecule has 0 atom stereocenters. The van der Waals surface area contributed by atoms with Crippen LogP contribution in [0, 0.1) is 0 Å². The summed E-state index contributed by atoms with van der Waals surface area (Å²) in [6.07, 6.45) is 0.544. The lowest BCUT2D eigenvalue weighted by molar-refractivity contribution is 0.0951. The van der Waals surface area contributed by atoms with Crippen LogP contribution in [0.4, 0.5) is 5.69 Å². The monoisotopic (exact) mass is 381 g/mol. The van der Waals surface area contributed by atoms with Gasteiger partial charge in [-0.25, -0.2) is 4.99 Å². The fraction of sp³-hybridized carbons (Fsp3) is 0.100. The van der Waals surface area contributed by atoms with Crippen molar-refractivity contribution in [1.29, 1.82) is 0 Å². The van der Waals surface area contributed by atoms with Gasteiger partial charge in [-0.15, -0.1) is 11.3 Å². The normalized spacial score (nSPS) is 11.3. The molecule has 3 aromatic rings. The Hall–Kier alpha value is -3.32. The van der Waals surface area contributed by atoms with Crippen LogP contribution in [-0.2, 0) is 6.42 Å². The number of para-hydroxylation sites is 1. The molecule has 1 aromatic heterocycles. The Morgan fingerprint density at radius 1 is 1.11 bits per heavy atom. The van der Waals surface area contributed by atoms with Gasteiger partial charge in [0.1, 0.15) is 17.3 Å². The summed E-state index contributed by atoms with van der Waals surface area (Å²) in [5, 5.41) is 23.9. The van der Waals surface area contributed by atoms with Crippen LogP contribution >= 0.6 is 11.3 Å². The summed E-state index contributed by atoms with van der Waals surface area (Å²) < 4.78 is 0. The third-order valence-electron chi connectivity index (χ3n) is 3.91. The molecular weight excluding hydrogens is 362 g/mol. The predicted molar refractivity (Wildman–Crippen MR) is 107 cm³/mol. The van der Waals surface area contributed by atoms with Crippen molar-refractivity contribution in [3.63, 3.8) is 0 Å². The lowest BCUT2D eigenvalue weighted by atomic mass is 10.1. The van der Waals surface area contributed by atoms with E-state index in [0.717, 1.165) is 16.1 Å². The molecular formula is C20H19N3O3S. The molecule has 0 unspecified atom stereocenters. The Balaban J connectivity index is 1.67. The minimum atomic E-state index is -0.456. The lowest BCUT2D eigenvalue weighted by Crippen LogP contribution is -2.25. The number of nitrogens with one attached hydrogen (secondary N) is 1. The average molecular weight is 381 g/mol. The lowest BCUT2D eigenvalue weighted by Gasteiger charge is -2.09. The molecule has 0 fully saturated rings. The number of aromatic hydroxyl groups is 2. The van der Waals surface area contributed by atoms with Crippen LogP contribution in [0.3, 0.4) is 0 Å². The van der Waals surface area contributed by atoms with E-state index in [0.29, 0.717) is 18.8 Å². The van der Waals surface area contributed by atoms with Gasteiger partial charge in [-0.1, -0.05) is 24.3 Å². The molecule has 0 aliphatic rings. The molecule has 5 N–H and O–H groups in total. The fourth-order valence-corrected chi connectivity index (χ4v) is 3.18. The number of carbonyl (C=O) groups is 1. The maximum absolute atomic E-state index is 12.2. The first kappa shape index (κ1) is 18.5. The quantitative estimate of drug-likeness (QED) is 0.299. The smallest absolute Gasteiger partial charge is 0.255 e. The van der Waals surface area contributed by atoms with E-state index in [1.807, 2.05) is 41.8 Å². The zero-order chi connectivity index (χ0) is 19.2. The highest BCUT2D eigenvalue weighted by atomic mass is 32.1. The second kappa shape index (κ2) is 8.37. The number of amides is 1. The van der Waals surface area contributed by atoms with Crippen LogP contribution in [0.15, 0.2) is 65.0 Å². The third-order valence-corrected chi connectivity index (χ3v) is 4.80. The van der Waals surface area contributed by atoms with Gasteiger partial charge in [-0.3, -0.25) is 4.79 Å². The number of hydrogen-bond donors (Lipinski definition) is 4. The van der Waals surface area contributed by atoms with E-state index in [9.17, 15) is 15.0 Å². The van der Waals surface area contributed by atoms with Gasteiger partial charge in [0.2, 0.25) is 0 Å². The van der Waals surface area contributed by atoms with Crippen LogP contribution in [0.1, 0.15) is 20.8 Å². The van der Waals surface area contributed by atoms with Crippen molar-refractivity contribution >= 4 is 28.8 Å². The van der Waals surface area contributed by atoms with E-state index in [-0.39, 0.29) is 17.1 Å². The largest absolute Gasteiger partial charge is 0.508 e. The highest BCUT2D eigenvalue weighted by Gasteiger charge is 2.12. The summed E-state index contributed by atoms with van der Waals surface area (Å²) in [7, 11) is 0. The number of phenols is 2. The number of nitrogens with zero attached hydrogens (tertiary/aromatic N) is 1. The molecule has 2 aromatic carbocycles. The molecule has 7 heteroatoms. The third kappa shape index (κ3) is 4.65. The summed E-state index contributed by atoms with van der Waals surface area (Å²) in [6, 6.07) is 15.2. The highest BCUT2D eigenvalue weighted by Crippen LogP contribution is 2.23. The van der Waals surface area contributed by atoms with Gasteiger partial charge in [0.15, 0.2) is 0 Å². The Morgan fingerprint density at radius 2 is 1.93 bits per heavy atom. The molecule has 3 rings (SSSR count). The number of aliphatic imine (C=N–C) groups is 1. The molecule has 0 saturated heterocycles. The first-order valence-corrected chi connectivity index (χ1v) is 9.18. The fourth-order valence-electron chi connectivity index (χ4n) is 2.55. The standard InChI is InChI=1S/C20H19N3O3S/c21-19(18-6-3-11-27-18)23-16-5-2-1-4-13(16)9-10-22-20(26)15-12-14(24)7-8-17(15)25/h1-8,11-12,24-25H,9-10H2,(H2,21,23)(H,22,26). The van der Waals surface area contributed by atoms with Gasteiger partial charge in [-0.05, 0) is 47.7 Å². The number of nitrogens with two attached hydrogens (primary N) is 1. The highest BCUT2D eigenvalue weighted by molar-refractivity contribution is 7.12. The van der Waals surface area contributed by atoms with E-state index >= 15 is 0 Å². The Kier molecular flexibility index (Phi) is 5.73. The molecule has 0 aliphatic carbocycles. The van der Waals surface area contributed by atoms with Gasteiger partial charge < -0.3 is 21.3 Å². The van der Waals surface area contributed by atoms with Crippen molar-refractivity contribution in [2.45, 2.75) is 6.42 Å². The molecule has 0 spiro atoms. The van der Waals surface area contributed by atoms with Crippen molar-refractivity contribution in [3.05, 3.63) is 76.0 Å². The van der Waals surface area contributed by atoms with Gasteiger partial charge in [0, 0.05) is 6.54 Å². The number of carbonyl (C=O) groups excluding carboxylic acids is 1. The van der Waals surface area contributed by atoms with Gasteiger partial charge >= 0.3 is 0 Å². The molecule has 27 heavy (non-hydrogen) atoms. The topological polar surface area (TPSA) is 108 Å². The molecule has 0 radical (unpaired) electrons. The second-order valence-electron chi connectivity index (χ2n) is 5.81. The summed E-state index contributed by atoms with van der Waals surface area (Å²) in [5.41, 5.74) is 7.78. The molecule has 0 aliphatic heterocycles. The minimum Gasteiger partial charge on any atom is -0.508 e. The van der Waals surface area contributed by atoms with Crippen molar-refractivity contribution in [3.8, 4) is 11.5 Å². The number of amidine groups is 1. The number of rotatable bonds is 6. The van der Waals surface area contributed by atoms with E-state index < -0.39 is 5.91 Å². The average Bonchev–Trinajstić information content (AvgIpc) is 3.20. The molecule has 0 bridgehead atoms. The van der Waals surface area contributed by atoms with Crippen LogP contribution in [0.2, 0.25) is 0 Å². The summed E-state index contributed by atoms with van der Waals surface area (Å²) in [4.78, 5) is 17.6. The maximum Gasteiger partial charge on any atom is 0.255 e. The van der Waals surface area contributed by atoms with Gasteiger partial charge in [0.05, 0.1) is 16.1 Å². The number of benzene rings is 2. The number of phenolic OH excluding ortho intramolecular Hbond substituents is 2. The number of thiophene rings is 1. The van der Waals surface area contributed by atoms with Crippen molar-refractivity contribution in [2.24, 2.45) is 10.7 Å². The molecule has 1 heterocycles. The van der Waals surface area contributed by atoms with Crippen molar-refractivity contribution < 1.29 is 15.0 Å². The van der Waals surface area contributed by atoms with E-state index in [4.69, 9.17) is 5.73 Å². The van der Waals surface area contributed by atoms with Gasteiger partial charge in [0.25, 0.3) is 5.91 Å². The Morgan fingerprint density at radius 3 is 2.70 bits per heavy atom. The van der Waals surface area contributed by atoms with Gasteiger partial charge in [-0.2, -0.15) is 0 Å². The van der Waals surface area contributed by atoms with E-state index in [1.165, 1.54) is 29.5 Å². The summed E-state index contributed by atoms with van der Waals surface area (Å²) in [6.45, 7) is 0.347. The Bertz CT molecular complexity index is 968. The summed E-state index contributed by atoms with van der Waals surface area (Å²) in [5.74, 6) is -0.269. The zero-order valence-electron chi connectivity index (χ0n) is 14.4. The first-order chi connectivity index (χ1) is 13.0. The molecule has 138 valence electrons. The molecule has 6 nitrogen and oxygen atoms in total. The SMILES string of the molecule is NC(=Nc1ccccc1CCNC(=O)c1cc(O)ccc1O)c1cccs1.